The van der Waals surface area contributed by atoms with E-state index >= 15 is 0 Å². The van der Waals surface area contributed by atoms with Crippen molar-refractivity contribution in [2.24, 2.45) is 0 Å². The summed E-state index contributed by atoms with van der Waals surface area (Å²) in [7, 11) is 0. The van der Waals surface area contributed by atoms with Crippen LogP contribution in [0.25, 0.3) is 0 Å². The third-order valence-electron chi connectivity index (χ3n) is 3.86. The number of nitrogens with zero attached hydrogens (tertiary/aromatic N) is 1. The quantitative estimate of drug-likeness (QED) is 0.898. The molecule has 112 valence electrons. The lowest BCUT2D eigenvalue weighted by Crippen LogP contribution is -2.19. The van der Waals surface area contributed by atoms with Gasteiger partial charge in [0, 0.05) is 24.8 Å². The van der Waals surface area contributed by atoms with E-state index in [4.69, 9.17) is 0 Å². The smallest absolute Gasteiger partial charge is 0.250 e. The van der Waals surface area contributed by atoms with E-state index in [1.165, 1.54) is 16.7 Å². The van der Waals surface area contributed by atoms with Crippen LogP contribution in [0.2, 0.25) is 0 Å². The van der Waals surface area contributed by atoms with Gasteiger partial charge >= 0.3 is 0 Å². The normalized spacial score (nSPS) is 12.2. The van der Waals surface area contributed by atoms with Gasteiger partial charge in [-0.1, -0.05) is 25.1 Å². The van der Waals surface area contributed by atoms with Gasteiger partial charge in [-0.05, 0) is 49.9 Å². The van der Waals surface area contributed by atoms with E-state index < -0.39 is 0 Å². The zero-order chi connectivity index (χ0) is 15.4. The molecular formula is C18H24N2O. The second-order valence-corrected chi connectivity index (χ2v) is 5.66. The van der Waals surface area contributed by atoms with E-state index in [2.05, 4.69) is 51.2 Å². The van der Waals surface area contributed by atoms with E-state index in [-0.39, 0.29) is 11.6 Å². The third-order valence-corrected chi connectivity index (χ3v) is 3.86. The number of hydrogen-bond donors (Lipinski definition) is 1. The number of aromatic nitrogens is 1. The molecule has 3 heteroatoms. The minimum Gasteiger partial charge on any atom is -0.377 e. The summed E-state index contributed by atoms with van der Waals surface area (Å²) in [5.41, 5.74) is 4.90. The Morgan fingerprint density at radius 2 is 1.90 bits per heavy atom. The molecule has 2 aromatic rings. The van der Waals surface area contributed by atoms with Crippen LogP contribution in [0.1, 0.15) is 43.0 Å². The van der Waals surface area contributed by atoms with Gasteiger partial charge < -0.3 is 9.88 Å². The van der Waals surface area contributed by atoms with Crippen LogP contribution in [0.4, 0.5) is 5.69 Å². The Kier molecular flexibility index (Phi) is 4.84. The summed E-state index contributed by atoms with van der Waals surface area (Å²) in [6.45, 7) is 9.22. The molecule has 0 aliphatic carbocycles. The minimum absolute atomic E-state index is 0.0567. The largest absolute Gasteiger partial charge is 0.377 e. The fraction of sp³-hybridized carbons (Fsp3) is 0.389. The molecule has 0 aliphatic rings. The Morgan fingerprint density at radius 3 is 2.57 bits per heavy atom. The van der Waals surface area contributed by atoms with E-state index in [9.17, 15) is 4.79 Å². The fourth-order valence-corrected chi connectivity index (χ4v) is 2.40. The number of rotatable bonds is 5. The van der Waals surface area contributed by atoms with Crippen LogP contribution in [-0.4, -0.2) is 4.57 Å². The number of anilines is 1. The maximum atomic E-state index is 11.7. The molecule has 2 rings (SSSR count). The van der Waals surface area contributed by atoms with Crippen molar-refractivity contribution in [3.05, 3.63) is 63.6 Å². The van der Waals surface area contributed by atoms with Crippen LogP contribution in [-0.2, 0) is 6.54 Å². The third kappa shape index (κ3) is 3.75. The van der Waals surface area contributed by atoms with Gasteiger partial charge in [-0.15, -0.1) is 0 Å². The molecule has 1 unspecified atom stereocenters. The molecule has 0 bridgehead atoms. The second-order valence-electron chi connectivity index (χ2n) is 5.66. The highest BCUT2D eigenvalue weighted by atomic mass is 16.1. The van der Waals surface area contributed by atoms with Crippen molar-refractivity contribution >= 4 is 5.69 Å². The van der Waals surface area contributed by atoms with E-state index in [1.54, 1.807) is 10.6 Å². The average Bonchev–Trinajstić information content (AvgIpc) is 2.45. The molecule has 21 heavy (non-hydrogen) atoms. The second kappa shape index (κ2) is 6.61. The maximum Gasteiger partial charge on any atom is 0.250 e. The van der Waals surface area contributed by atoms with Crippen LogP contribution < -0.4 is 10.9 Å². The van der Waals surface area contributed by atoms with Crippen molar-refractivity contribution in [3.63, 3.8) is 0 Å². The van der Waals surface area contributed by atoms with Crippen molar-refractivity contribution in [2.75, 3.05) is 5.32 Å². The lowest BCUT2D eigenvalue weighted by Gasteiger charge is -2.18. The molecule has 0 fully saturated rings. The first kappa shape index (κ1) is 15.4. The van der Waals surface area contributed by atoms with Crippen molar-refractivity contribution in [2.45, 2.75) is 46.7 Å². The van der Waals surface area contributed by atoms with Gasteiger partial charge in [0.1, 0.15) is 0 Å². The lowest BCUT2D eigenvalue weighted by atomic mass is 10.0. The Bertz CT molecular complexity index is 673. The predicted molar refractivity (Wildman–Crippen MR) is 88.9 cm³/mol. The van der Waals surface area contributed by atoms with E-state index in [0.29, 0.717) is 0 Å². The standard InChI is InChI=1S/C18H24N2O/c1-5-10-20-12-17(8-9-18(20)21)19-15(4)16-7-6-13(2)14(3)11-16/h6-9,11-12,15,19H,5,10H2,1-4H3. The number of benzene rings is 1. The number of nitrogens with one attached hydrogen (secondary N) is 1. The fourth-order valence-electron chi connectivity index (χ4n) is 2.40. The number of pyridine rings is 1. The van der Waals surface area contributed by atoms with Crippen LogP contribution in [0.15, 0.2) is 41.3 Å². The summed E-state index contributed by atoms with van der Waals surface area (Å²) in [5, 5.41) is 3.47. The molecular weight excluding hydrogens is 260 g/mol. The predicted octanol–water partition coefficient (Wildman–Crippen LogP) is 4.05. The zero-order valence-corrected chi connectivity index (χ0v) is 13.3. The molecule has 1 atom stereocenters. The van der Waals surface area contributed by atoms with Gasteiger partial charge in [-0.25, -0.2) is 0 Å². The van der Waals surface area contributed by atoms with Gasteiger partial charge in [-0.3, -0.25) is 4.79 Å². The average molecular weight is 284 g/mol. The van der Waals surface area contributed by atoms with Gasteiger partial charge in [0.05, 0.1) is 5.69 Å². The molecule has 1 aromatic heterocycles. The molecule has 0 saturated carbocycles. The van der Waals surface area contributed by atoms with Crippen LogP contribution >= 0.6 is 0 Å². The van der Waals surface area contributed by atoms with Crippen molar-refractivity contribution in [1.82, 2.24) is 4.57 Å². The molecule has 1 N–H and O–H groups in total. The summed E-state index contributed by atoms with van der Waals surface area (Å²) in [6, 6.07) is 10.2. The first-order valence-electron chi connectivity index (χ1n) is 7.55. The van der Waals surface area contributed by atoms with Crippen LogP contribution in [0, 0.1) is 13.8 Å². The van der Waals surface area contributed by atoms with Crippen LogP contribution in [0.5, 0.6) is 0 Å². The molecule has 1 aromatic carbocycles. The molecule has 0 amide bonds. The summed E-state index contributed by atoms with van der Waals surface area (Å²) < 4.78 is 1.76. The number of hydrogen-bond acceptors (Lipinski definition) is 2. The molecule has 0 spiro atoms. The summed E-state index contributed by atoms with van der Waals surface area (Å²) in [5.74, 6) is 0. The minimum atomic E-state index is 0.0567. The van der Waals surface area contributed by atoms with Crippen molar-refractivity contribution in [1.29, 1.82) is 0 Å². The summed E-state index contributed by atoms with van der Waals surface area (Å²) in [6.07, 6.45) is 2.86. The van der Waals surface area contributed by atoms with Gasteiger partial charge in [-0.2, -0.15) is 0 Å². The SMILES string of the molecule is CCCn1cc(NC(C)c2ccc(C)c(C)c2)ccc1=O. The Labute approximate surface area is 126 Å². The first-order valence-corrected chi connectivity index (χ1v) is 7.55. The molecule has 1 heterocycles. The summed E-state index contributed by atoms with van der Waals surface area (Å²) >= 11 is 0. The zero-order valence-electron chi connectivity index (χ0n) is 13.3. The molecule has 0 saturated heterocycles. The highest BCUT2D eigenvalue weighted by Gasteiger charge is 2.07. The Hall–Kier alpha value is -2.03. The maximum absolute atomic E-state index is 11.7. The van der Waals surface area contributed by atoms with Crippen molar-refractivity contribution in [3.8, 4) is 0 Å². The van der Waals surface area contributed by atoms with E-state index in [0.717, 1.165) is 18.7 Å². The monoisotopic (exact) mass is 284 g/mol. The Morgan fingerprint density at radius 1 is 1.14 bits per heavy atom. The lowest BCUT2D eigenvalue weighted by molar-refractivity contribution is 0.654. The molecule has 0 radical (unpaired) electrons. The van der Waals surface area contributed by atoms with Gasteiger partial charge in [0.2, 0.25) is 0 Å². The van der Waals surface area contributed by atoms with Gasteiger partial charge in [0.15, 0.2) is 0 Å². The molecule has 0 aliphatic heterocycles. The molecule has 3 nitrogen and oxygen atoms in total. The van der Waals surface area contributed by atoms with Crippen LogP contribution in [0.3, 0.4) is 0 Å². The number of aryl methyl sites for hydroxylation is 3. The summed E-state index contributed by atoms with van der Waals surface area (Å²) in [4.78, 5) is 11.7. The van der Waals surface area contributed by atoms with E-state index in [1.807, 2.05) is 12.3 Å². The topological polar surface area (TPSA) is 34.0 Å². The highest BCUT2D eigenvalue weighted by molar-refractivity contribution is 5.44. The van der Waals surface area contributed by atoms with Gasteiger partial charge in [0.25, 0.3) is 5.56 Å². The first-order chi connectivity index (χ1) is 10.0. The highest BCUT2D eigenvalue weighted by Crippen LogP contribution is 2.20. The Balaban J connectivity index is 2.18. The van der Waals surface area contributed by atoms with Crippen molar-refractivity contribution < 1.29 is 0 Å².